The highest BCUT2D eigenvalue weighted by atomic mass is 16.5. The maximum absolute atomic E-state index is 8.71. The molecule has 0 aliphatic carbocycles. The molecule has 0 aliphatic rings. The van der Waals surface area contributed by atoms with E-state index in [0.717, 1.165) is 4.74 Å². The van der Waals surface area contributed by atoms with Crippen molar-refractivity contribution >= 4 is 6.72 Å². The van der Waals surface area contributed by atoms with Crippen LogP contribution in [0, 0.1) is 5.92 Å². The second-order valence-corrected chi connectivity index (χ2v) is 2.42. The molecule has 48 valence electrons. The van der Waals surface area contributed by atoms with Gasteiger partial charge in [0.1, 0.15) is 0 Å². The summed E-state index contributed by atoms with van der Waals surface area (Å²) in [5.74, 6) is 0.456. The van der Waals surface area contributed by atoms with E-state index in [1.807, 2.05) is 20.8 Å². The van der Waals surface area contributed by atoms with E-state index >= 15 is 0 Å². The molecule has 0 spiro atoms. The highest BCUT2D eigenvalue weighted by molar-refractivity contribution is 5.13. The van der Waals surface area contributed by atoms with E-state index < -0.39 is 0 Å². The predicted molar refractivity (Wildman–Crippen MR) is 33.5 cm³/mol. The number of hydroxylamine groups is 1. The van der Waals surface area contributed by atoms with Crippen LogP contribution in [0.3, 0.4) is 0 Å². The molecule has 0 fully saturated rings. The normalized spacial score (nSPS) is 14.0. The van der Waals surface area contributed by atoms with Gasteiger partial charge in [0, 0.05) is 12.8 Å². The van der Waals surface area contributed by atoms with Gasteiger partial charge in [-0.2, -0.15) is 0 Å². The number of nitrogens with zero attached hydrogens (tertiary/aromatic N) is 1. The topological polar surface area (TPSA) is 23.2 Å². The molecule has 0 bridgehead atoms. The lowest BCUT2D eigenvalue weighted by Gasteiger charge is -2.05. The molecule has 1 N–H and O–H groups in total. The highest BCUT2D eigenvalue weighted by Crippen LogP contribution is 2.01. The third-order valence-corrected chi connectivity index (χ3v) is 1.43. The van der Waals surface area contributed by atoms with Gasteiger partial charge in [-0.25, -0.2) is 0 Å². The van der Waals surface area contributed by atoms with Gasteiger partial charge in [0.2, 0.25) is 6.04 Å². The van der Waals surface area contributed by atoms with Crippen molar-refractivity contribution in [2.75, 3.05) is 0 Å². The van der Waals surface area contributed by atoms with Gasteiger partial charge in [-0.3, -0.25) is 5.21 Å². The van der Waals surface area contributed by atoms with Crippen molar-refractivity contribution in [2.24, 2.45) is 5.92 Å². The van der Waals surface area contributed by atoms with Crippen molar-refractivity contribution in [2.45, 2.75) is 26.8 Å². The monoisotopic (exact) mass is 116 g/mol. The molecular weight excluding hydrogens is 102 g/mol. The van der Waals surface area contributed by atoms with Crippen molar-refractivity contribution in [3.05, 3.63) is 0 Å². The van der Waals surface area contributed by atoms with Crippen molar-refractivity contribution in [1.29, 1.82) is 0 Å². The van der Waals surface area contributed by atoms with E-state index in [9.17, 15) is 0 Å². The highest BCUT2D eigenvalue weighted by Gasteiger charge is 2.15. The van der Waals surface area contributed by atoms with Gasteiger partial charge >= 0.3 is 0 Å². The lowest BCUT2D eigenvalue weighted by Crippen LogP contribution is -2.23. The molecule has 0 saturated carbocycles. The van der Waals surface area contributed by atoms with E-state index in [1.165, 1.54) is 0 Å². The second-order valence-electron chi connectivity index (χ2n) is 2.42. The maximum atomic E-state index is 8.71. The summed E-state index contributed by atoms with van der Waals surface area (Å²) in [5.41, 5.74) is 0. The summed E-state index contributed by atoms with van der Waals surface area (Å²) in [4.78, 5) is 0. The summed E-state index contributed by atoms with van der Waals surface area (Å²) in [5, 5.41) is 8.71. The molecule has 1 unspecified atom stereocenters. The molecule has 8 heavy (non-hydrogen) atoms. The van der Waals surface area contributed by atoms with Crippen LogP contribution in [0.2, 0.25) is 0 Å². The van der Waals surface area contributed by atoms with Crippen LogP contribution < -0.4 is 0 Å². The molecule has 0 rings (SSSR count). The maximum Gasteiger partial charge on any atom is 0.200 e. The average molecular weight is 116 g/mol. The molecule has 2 heteroatoms. The van der Waals surface area contributed by atoms with E-state index in [4.69, 9.17) is 5.21 Å². The summed E-state index contributed by atoms with van der Waals surface area (Å²) in [7, 11) is 0. The fourth-order valence-corrected chi connectivity index (χ4v) is 0.344. The zero-order valence-electron chi connectivity index (χ0n) is 5.76. The van der Waals surface area contributed by atoms with Crippen LogP contribution in [0.4, 0.5) is 0 Å². The van der Waals surface area contributed by atoms with Crippen LogP contribution in [0.15, 0.2) is 0 Å². The Bertz CT molecular complexity index is 88.5. The van der Waals surface area contributed by atoms with E-state index in [2.05, 4.69) is 6.72 Å². The smallest absolute Gasteiger partial charge is 0.200 e. The quantitative estimate of drug-likeness (QED) is 0.248. The molecule has 0 aromatic heterocycles. The Kier molecular flexibility index (Phi) is 2.52. The minimum atomic E-state index is 0.148. The Labute approximate surface area is 50.4 Å². The zero-order chi connectivity index (χ0) is 6.73. The van der Waals surface area contributed by atoms with Gasteiger partial charge in [0.15, 0.2) is 6.72 Å². The summed E-state index contributed by atoms with van der Waals surface area (Å²) in [6, 6.07) is 0.148. The third kappa shape index (κ3) is 1.96. The third-order valence-electron chi connectivity index (χ3n) is 1.43. The van der Waals surface area contributed by atoms with E-state index in [0.29, 0.717) is 5.92 Å². The summed E-state index contributed by atoms with van der Waals surface area (Å²) in [6.45, 7) is 9.36. The predicted octanol–water partition coefficient (Wildman–Crippen LogP) is 1.13. The molecule has 0 saturated heterocycles. The van der Waals surface area contributed by atoms with Gasteiger partial charge in [0.05, 0.1) is 0 Å². The van der Waals surface area contributed by atoms with Gasteiger partial charge in [0.25, 0.3) is 0 Å². The SMILES string of the molecule is C=[N+](O)C(C)C(C)C. The van der Waals surface area contributed by atoms with Crippen LogP contribution in [-0.4, -0.2) is 22.7 Å². The first-order valence-corrected chi connectivity index (χ1v) is 2.84. The summed E-state index contributed by atoms with van der Waals surface area (Å²) >= 11 is 0. The molecule has 0 amide bonds. The molecular formula is C6H14NO+. The molecule has 0 heterocycles. The van der Waals surface area contributed by atoms with Crippen LogP contribution >= 0.6 is 0 Å². The van der Waals surface area contributed by atoms with Gasteiger partial charge in [-0.1, -0.05) is 13.8 Å². The van der Waals surface area contributed by atoms with E-state index in [-0.39, 0.29) is 6.04 Å². The fourth-order valence-electron chi connectivity index (χ4n) is 0.344. The van der Waals surface area contributed by atoms with Crippen molar-refractivity contribution < 1.29 is 9.95 Å². The molecule has 0 aromatic carbocycles. The van der Waals surface area contributed by atoms with E-state index in [1.54, 1.807) is 0 Å². The molecule has 0 aromatic rings. The molecule has 0 aliphatic heterocycles. The van der Waals surface area contributed by atoms with Gasteiger partial charge < -0.3 is 0 Å². The number of hydrogen-bond acceptors (Lipinski definition) is 1. The fraction of sp³-hybridized carbons (Fsp3) is 0.833. The largest absolute Gasteiger partial charge is 0.291 e. The molecule has 2 nitrogen and oxygen atoms in total. The average Bonchev–Trinajstić information content (AvgIpc) is 1.64. The minimum absolute atomic E-state index is 0.148. The molecule has 1 atom stereocenters. The second kappa shape index (κ2) is 2.70. The first-order valence-electron chi connectivity index (χ1n) is 2.84. The van der Waals surface area contributed by atoms with Crippen LogP contribution in [-0.2, 0) is 0 Å². The van der Waals surface area contributed by atoms with Gasteiger partial charge in [-0.05, 0) is 4.74 Å². The zero-order valence-corrected chi connectivity index (χ0v) is 5.76. The first-order chi connectivity index (χ1) is 3.55. The van der Waals surface area contributed by atoms with Gasteiger partial charge in [-0.15, -0.1) is 0 Å². The Hall–Kier alpha value is -0.530. The Morgan fingerprint density at radius 1 is 1.38 bits per heavy atom. The Morgan fingerprint density at radius 3 is 1.75 bits per heavy atom. The van der Waals surface area contributed by atoms with Crippen molar-refractivity contribution in [3.8, 4) is 0 Å². The lowest BCUT2D eigenvalue weighted by atomic mass is 10.1. The summed E-state index contributed by atoms with van der Waals surface area (Å²) < 4.78 is 0.991. The first kappa shape index (κ1) is 7.47. The Morgan fingerprint density at radius 2 is 1.75 bits per heavy atom. The number of hydrogen-bond donors (Lipinski definition) is 1. The summed E-state index contributed by atoms with van der Waals surface area (Å²) in [6.07, 6.45) is 0. The van der Waals surface area contributed by atoms with Crippen molar-refractivity contribution in [1.82, 2.24) is 0 Å². The van der Waals surface area contributed by atoms with Crippen molar-refractivity contribution in [3.63, 3.8) is 0 Å². The van der Waals surface area contributed by atoms with Crippen LogP contribution in [0.1, 0.15) is 20.8 Å². The lowest BCUT2D eigenvalue weighted by molar-refractivity contribution is -0.795. The Balaban J connectivity index is 3.64. The minimum Gasteiger partial charge on any atom is -0.291 e. The standard InChI is InChI=1S/C6H14NO/c1-5(2)6(3)7(4)8/h5-6,8H,4H2,1-3H3/q+1. The van der Waals surface area contributed by atoms with Crippen LogP contribution in [0.25, 0.3) is 0 Å². The molecule has 0 radical (unpaired) electrons. The number of rotatable bonds is 2. The van der Waals surface area contributed by atoms with Crippen LogP contribution in [0.5, 0.6) is 0 Å².